The van der Waals surface area contributed by atoms with Crippen molar-refractivity contribution in [3.05, 3.63) is 60.2 Å². The highest BCUT2D eigenvalue weighted by atomic mass is 19.4. The van der Waals surface area contributed by atoms with Gasteiger partial charge in [0.05, 0.1) is 0 Å². The van der Waals surface area contributed by atoms with Gasteiger partial charge in [-0.25, -0.2) is 0 Å². The Morgan fingerprint density at radius 1 is 1.07 bits per heavy atom. The van der Waals surface area contributed by atoms with Crippen LogP contribution in [0.5, 0.6) is 5.75 Å². The Bertz CT molecular complexity index is 776. The average molecular weight is 380 g/mol. The summed E-state index contributed by atoms with van der Waals surface area (Å²) in [7, 11) is 0. The molecule has 2 aromatic rings. The van der Waals surface area contributed by atoms with Crippen LogP contribution in [0.25, 0.3) is 0 Å². The maximum atomic E-state index is 12.2. The molecule has 0 bridgehead atoms. The summed E-state index contributed by atoms with van der Waals surface area (Å²) >= 11 is 0. The molecule has 144 valence electrons. The monoisotopic (exact) mass is 380 g/mol. The number of nitrogens with one attached hydrogen (secondary N) is 1. The molecule has 0 saturated heterocycles. The fourth-order valence-electron chi connectivity index (χ4n) is 2.60. The summed E-state index contributed by atoms with van der Waals surface area (Å²) in [6, 6.07) is 13.4. The molecule has 0 saturated carbocycles. The second-order valence-electron chi connectivity index (χ2n) is 5.95. The lowest BCUT2D eigenvalue weighted by atomic mass is 9.85. The number of carboxylic acid groups (broad SMARTS) is 1. The first kappa shape index (κ1) is 20.3. The van der Waals surface area contributed by atoms with Gasteiger partial charge in [-0.15, -0.1) is 13.2 Å². The minimum atomic E-state index is -4.81. The van der Waals surface area contributed by atoms with Crippen molar-refractivity contribution in [1.29, 1.82) is 0 Å². The van der Waals surface area contributed by atoms with Crippen molar-refractivity contribution in [3.63, 3.8) is 0 Å². The van der Waals surface area contributed by atoms with Crippen molar-refractivity contribution < 1.29 is 32.6 Å². The molecule has 2 rings (SSSR count). The van der Waals surface area contributed by atoms with Crippen molar-refractivity contribution in [2.45, 2.75) is 25.6 Å². The van der Waals surface area contributed by atoms with Crippen molar-refractivity contribution in [1.82, 2.24) is 0 Å². The Kier molecular flexibility index (Phi) is 6.44. The number of ether oxygens (including phenoxy) is 1. The van der Waals surface area contributed by atoms with E-state index in [0.717, 1.165) is 17.7 Å². The quantitative estimate of drug-likeness (QED) is 0.801. The van der Waals surface area contributed by atoms with Gasteiger partial charge in [-0.2, -0.15) is 0 Å². The molecule has 1 N–H and O–H groups in total. The summed E-state index contributed by atoms with van der Waals surface area (Å²) in [5.41, 5.74) is 0.979. The van der Waals surface area contributed by atoms with Gasteiger partial charge in [0, 0.05) is 24.0 Å². The summed E-state index contributed by atoms with van der Waals surface area (Å²) in [6.07, 6.45) is -5.14. The van der Waals surface area contributed by atoms with Crippen LogP contribution in [0.1, 0.15) is 24.8 Å². The third-order valence-electron chi connectivity index (χ3n) is 4.01. The molecule has 0 spiro atoms. The molecule has 0 aliphatic heterocycles. The normalized spacial score (nSPS) is 13.5. The number of hydrogen-bond donors (Lipinski definition) is 1. The molecule has 1 amide bonds. The molecule has 0 fully saturated rings. The number of anilines is 1. The van der Waals surface area contributed by atoms with E-state index < -0.39 is 35.8 Å². The maximum Gasteiger partial charge on any atom is 0.573 e. The van der Waals surface area contributed by atoms with Gasteiger partial charge in [0.2, 0.25) is 5.91 Å². The van der Waals surface area contributed by atoms with E-state index in [9.17, 15) is 27.9 Å². The number of aliphatic carboxylic acids is 1. The highest BCUT2D eigenvalue weighted by Crippen LogP contribution is 2.27. The van der Waals surface area contributed by atoms with Crippen molar-refractivity contribution in [3.8, 4) is 5.75 Å². The number of hydrogen-bond acceptors (Lipinski definition) is 4. The van der Waals surface area contributed by atoms with Crippen LogP contribution in [0.15, 0.2) is 54.6 Å². The van der Waals surface area contributed by atoms with E-state index in [1.54, 1.807) is 37.3 Å². The van der Waals surface area contributed by atoms with Crippen LogP contribution in [0.3, 0.4) is 0 Å². The van der Waals surface area contributed by atoms with Crippen molar-refractivity contribution >= 4 is 17.6 Å². The first-order valence-corrected chi connectivity index (χ1v) is 8.07. The van der Waals surface area contributed by atoms with E-state index in [0.29, 0.717) is 0 Å². The first-order chi connectivity index (χ1) is 12.7. The molecule has 2 aromatic carbocycles. The molecule has 0 aliphatic rings. The van der Waals surface area contributed by atoms with Gasteiger partial charge in [-0.1, -0.05) is 37.3 Å². The topological polar surface area (TPSA) is 78.5 Å². The summed E-state index contributed by atoms with van der Waals surface area (Å²) in [5.74, 6) is -3.87. The Labute approximate surface area is 153 Å². The molecule has 8 heteroatoms. The Morgan fingerprint density at radius 3 is 2.19 bits per heavy atom. The zero-order chi connectivity index (χ0) is 20.0. The summed E-state index contributed by atoms with van der Waals surface area (Å²) in [4.78, 5) is 23.6. The number of benzene rings is 2. The highest BCUT2D eigenvalue weighted by Gasteiger charge is 2.31. The van der Waals surface area contributed by atoms with Crippen LogP contribution in [-0.4, -0.2) is 18.2 Å². The first-order valence-electron chi connectivity index (χ1n) is 8.07. The third-order valence-corrected chi connectivity index (χ3v) is 4.01. The molecule has 27 heavy (non-hydrogen) atoms. The van der Waals surface area contributed by atoms with E-state index in [-0.39, 0.29) is 12.1 Å². The van der Waals surface area contributed by atoms with Crippen LogP contribution in [0.2, 0.25) is 0 Å². The minimum absolute atomic E-state index is 0.221. The number of carbonyl (C=O) groups is 2. The number of alkyl halides is 3. The molecule has 0 unspecified atom stereocenters. The summed E-state index contributed by atoms with van der Waals surface area (Å²) in [6.45, 7) is 1.69. The number of carbonyl (C=O) groups excluding carboxylic acids is 2. The van der Waals surface area contributed by atoms with Crippen molar-refractivity contribution in [2.75, 3.05) is 5.32 Å². The summed E-state index contributed by atoms with van der Waals surface area (Å²) < 4.78 is 40.1. The Balaban J connectivity index is 2.01. The van der Waals surface area contributed by atoms with E-state index >= 15 is 0 Å². The summed E-state index contributed by atoms with van der Waals surface area (Å²) in [5, 5.41) is 13.9. The number of carboxylic acids is 1. The van der Waals surface area contributed by atoms with Crippen LogP contribution < -0.4 is 15.2 Å². The number of rotatable bonds is 7. The zero-order valence-electron chi connectivity index (χ0n) is 14.3. The molecule has 0 radical (unpaired) electrons. The van der Waals surface area contributed by atoms with Crippen LogP contribution in [-0.2, 0) is 9.59 Å². The molecule has 0 heterocycles. The molecule has 5 nitrogen and oxygen atoms in total. The third kappa shape index (κ3) is 6.32. The van der Waals surface area contributed by atoms with E-state index in [1.165, 1.54) is 12.1 Å². The minimum Gasteiger partial charge on any atom is -0.550 e. The van der Waals surface area contributed by atoms with Crippen LogP contribution >= 0.6 is 0 Å². The fourth-order valence-corrected chi connectivity index (χ4v) is 2.60. The number of amides is 1. The number of halogens is 3. The van der Waals surface area contributed by atoms with E-state index in [4.69, 9.17) is 0 Å². The van der Waals surface area contributed by atoms with E-state index in [1.807, 2.05) is 0 Å². The SMILES string of the molecule is C[C@H](c1ccccc1)[C@@H](CC(=O)Nc1ccc(OC(F)(F)F)cc1)C(=O)[O-]. The average Bonchev–Trinajstić information content (AvgIpc) is 2.60. The van der Waals surface area contributed by atoms with Gasteiger partial charge in [0.15, 0.2) is 0 Å². The second kappa shape index (κ2) is 8.57. The maximum absolute atomic E-state index is 12.2. The zero-order valence-corrected chi connectivity index (χ0v) is 14.3. The molecular formula is C19H17F3NO4-. The van der Waals surface area contributed by atoms with Gasteiger partial charge in [0.25, 0.3) is 0 Å². The lowest BCUT2D eigenvalue weighted by molar-refractivity contribution is -0.312. The largest absolute Gasteiger partial charge is 0.573 e. The van der Waals surface area contributed by atoms with Crippen LogP contribution in [0, 0.1) is 5.92 Å². The predicted molar refractivity (Wildman–Crippen MR) is 89.7 cm³/mol. The predicted octanol–water partition coefficient (Wildman–Crippen LogP) is 3.08. The molecular weight excluding hydrogens is 363 g/mol. The van der Waals surface area contributed by atoms with E-state index in [2.05, 4.69) is 10.1 Å². The lowest BCUT2D eigenvalue weighted by Crippen LogP contribution is -2.36. The molecule has 2 atom stereocenters. The van der Waals surface area contributed by atoms with Gasteiger partial charge >= 0.3 is 6.36 Å². The molecule has 0 aromatic heterocycles. The van der Waals surface area contributed by atoms with Gasteiger partial charge < -0.3 is 20.0 Å². The highest BCUT2D eigenvalue weighted by molar-refractivity contribution is 5.93. The molecule has 0 aliphatic carbocycles. The fraction of sp³-hybridized carbons (Fsp3) is 0.263. The lowest BCUT2D eigenvalue weighted by Gasteiger charge is -2.25. The van der Waals surface area contributed by atoms with Crippen molar-refractivity contribution in [2.24, 2.45) is 5.92 Å². The van der Waals surface area contributed by atoms with Gasteiger partial charge in [-0.05, 0) is 35.7 Å². The van der Waals surface area contributed by atoms with Crippen LogP contribution in [0.4, 0.5) is 18.9 Å². The second-order valence-corrected chi connectivity index (χ2v) is 5.95. The Hall–Kier alpha value is -3.03. The Morgan fingerprint density at radius 2 is 1.67 bits per heavy atom. The van der Waals surface area contributed by atoms with Gasteiger partial charge in [0.1, 0.15) is 5.75 Å². The standard InChI is InChI=1S/C19H18F3NO4/c1-12(13-5-3-2-4-6-13)16(18(25)26)11-17(24)23-14-7-9-15(10-8-14)27-19(20,21)22/h2-10,12,16H,11H2,1H3,(H,23,24)(H,25,26)/p-1/t12-,16-/m1/s1. The van der Waals surface area contributed by atoms with Gasteiger partial charge in [-0.3, -0.25) is 4.79 Å². The smallest absolute Gasteiger partial charge is 0.550 e.